The molecule has 0 saturated heterocycles. The summed E-state index contributed by atoms with van der Waals surface area (Å²) in [6.07, 6.45) is 1.86. The number of amides is 1. The Kier molecular flexibility index (Phi) is 3.52. The molecule has 0 aliphatic heterocycles. The molecule has 2 rings (SSSR count). The van der Waals surface area contributed by atoms with E-state index < -0.39 is 13.6 Å². The lowest BCUT2D eigenvalue weighted by Gasteiger charge is -2.09. The van der Waals surface area contributed by atoms with Gasteiger partial charge in [0.1, 0.15) is 4.92 Å². The molecule has 19 heavy (non-hydrogen) atoms. The van der Waals surface area contributed by atoms with E-state index in [0.717, 1.165) is 0 Å². The van der Waals surface area contributed by atoms with Crippen LogP contribution in [0.2, 0.25) is 0 Å². The van der Waals surface area contributed by atoms with Gasteiger partial charge < -0.3 is 4.42 Å². The van der Waals surface area contributed by atoms with Crippen LogP contribution in [0.4, 0.5) is 5.88 Å². The largest absolute Gasteiger partial charge is 0.433 e. The third-order valence-corrected chi connectivity index (χ3v) is 5.22. The highest BCUT2D eigenvalue weighted by Crippen LogP contribution is 2.66. The summed E-state index contributed by atoms with van der Waals surface area (Å²) in [6.45, 7) is 1.79. The third-order valence-electron chi connectivity index (χ3n) is 2.91. The minimum absolute atomic E-state index is 0.192. The van der Waals surface area contributed by atoms with Crippen molar-refractivity contribution < 1.29 is 14.1 Å². The number of nitrogens with zero attached hydrogens (tertiary/aromatic N) is 2. The van der Waals surface area contributed by atoms with Crippen molar-refractivity contribution in [2.24, 2.45) is 10.5 Å². The van der Waals surface area contributed by atoms with Crippen molar-refractivity contribution >= 4 is 49.9 Å². The second-order valence-corrected chi connectivity index (χ2v) is 8.12. The first kappa shape index (κ1) is 14.2. The summed E-state index contributed by atoms with van der Waals surface area (Å²) in [6, 6.07) is 2.61. The lowest BCUT2D eigenvalue weighted by atomic mass is 10.1. The SMILES string of the molecule is C[C@]1(C(=O)N/N=C\c2ccc([N+](=O)[O-])o2)CC1(Br)Br. The molecule has 102 valence electrons. The van der Waals surface area contributed by atoms with E-state index in [4.69, 9.17) is 4.42 Å². The molecule has 0 unspecified atom stereocenters. The highest BCUT2D eigenvalue weighted by molar-refractivity contribution is 9.25. The van der Waals surface area contributed by atoms with Gasteiger partial charge in [-0.1, -0.05) is 31.9 Å². The standard InChI is InChI=1S/C10H9Br2N3O4/c1-9(5-10(9,11)12)8(16)14-13-4-6-2-3-7(19-6)15(17)18/h2-4H,5H2,1H3,(H,14,16)/b13-4-/t9-/m1/s1. The number of hydrogen-bond acceptors (Lipinski definition) is 5. The van der Waals surface area contributed by atoms with Gasteiger partial charge in [-0.3, -0.25) is 14.9 Å². The van der Waals surface area contributed by atoms with Crippen molar-refractivity contribution in [3.8, 4) is 0 Å². The fourth-order valence-corrected chi connectivity index (χ4v) is 2.92. The van der Waals surface area contributed by atoms with Crippen LogP contribution in [0.15, 0.2) is 21.7 Å². The number of hydrazone groups is 1. The predicted octanol–water partition coefficient (Wildman–Crippen LogP) is 2.53. The van der Waals surface area contributed by atoms with Crippen LogP contribution in [0.25, 0.3) is 0 Å². The second kappa shape index (κ2) is 4.71. The van der Waals surface area contributed by atoms with Gasteiger partial charge in [0.25, 0.3) is 0 Å². The van der Waals surface area contributed by atoms with Gasteiger partial charge in [0.05, 0.1) is 20.9 Å². The van der Waals surface area contributed by atoms with E-state index in [2.05, 4.69) is 42.4 Å². The molecule has 1 N–H and O–H groups in total. The fraction of sp³-hybridized carbons (Fsp3) is 0.400. The van der Waals surface area contributed by atoms with E-state index in [1.54, 1.807) is 6.92 Å². The minimum Gasteiger partial charge on any atom is -0.400 e. The van der Waals surface area contributed by atoms with Crippen molar-refractivity contribution in [2.45, 2.75) is 16.6 Å². The molecular weight excluding hydrogens is 386 g/mol. The highest BCUT2D eigenvalue weighted by atomic mass is 79.9. The first-order chi connectivity index (χ1) is 8.76. The molecule has 1 aliphatic carbocycles. The van der Waals surface area contributed by atoms with Crippen LogP contribution < -0.4 is 5.43 Å². The average Bonchev–Trinajstić information content (AvgIpc) is 2.70. The molecule has 0 radical (unpaired) electrons. The monoisotopic (exact) mass is 393 g/mol. The Labute approximate surface area is 124 Å². The average molecular weight is 395 g/mol. The summed E-state index contributed by atoms with van der Waals surface area (Å²) in [5.74, 6) is -0.433. The van der Waals surface area contributed by atoms with Crippen molar-refractivity contribution in [1.29, 1.82) is 0 Å². The van der Waals surface area contributed by atoms with E-state index >= 15 is 0 Å². The quantitative estimate of drug-likeness (QED) is 0.367. The van der Waals surface area contributed by atoms with Gasteiger partial charge in [-0.2, -0.15) is 5.10 Å². The van der Waals surface area contributed by atoms with E-state index in [0.29, 0.717) is 6.42 Å². The van der Waals surface area contributed by atoms with Gasteiger partial charge in [0, 0.05) is 0 Å². The van der Waals surface area contributed by atoms with E-state index in [9.17, 15) is 14.9 Å². The molecule has 0 aromatic carbocycles. The second-order valence-electron chi connectivity index (χ2n) is 4.35. The van der Waals surface area contributed by atoms with Crippen molar-refractivity contribution in [3.05, 3.63) is 28.0 Å². The van der Waals surface area contributed by atoms with Crippen LogP contribution in [0.5, 0.6) is 0 Å². The number of halogens is 2. The van der Waals surface area contributed by atoms with Gasteiger partial charge >= 0.3 is 5.88 Å². The van der Waals surface area contributed by atoms with E-state index in [1.165, 1.54) is 18.3 Å². The van der Waals surface area contributed by atoms with Gasteiger partial charge in [-0.25, -0.2) is 5.43 Å². The number of carbonyl (C=O) groups excluding carboxylic acids is 1. The van der Waals surface area contributed by atoms with Gasteiger partial charge in [0.15, 0.2) is 5.76 Å². The Morgan fingerprint density at radius 1 is 1.63 bits per heavy atom. The lowest BCUT2D eigenvalue weighted by Crippen LogP contribution is -2.29. The molecule has 1 aromatic heterocycles. The van der Waals surface area contributed by atoms with E-state index in [1.807, 2.05) is 0 Å². The number of hydrogen-bond donors (Lipinski definition) is 1. The Hall–Kier alpha value is -1.22. The smallest absolute Gasteiger partial charge is 0.400 e. The highest BCUT2D eigenvalue weighted by Gasteiger charge is 2.66. The molecule has 1 aliphatic rings. The Morgan fingerprint density at radius 3 is 2.74 bits per heavy atom. The topological polar surface area (TPSA) is 97.7 Å². The summed E-state index contributed by atoms with van der Waals surface area (Å²) in [5, 5.41) is 14.1. The summed E-state index contributed by atoms with van der Waals surface area (Å²) < 4.78 is 4.46. The maximum Gasteiger partial charge on any atom is 0.433 e. The number of rotatable bonds is 4. The number of nitrogens with one attached hydrogen (secondary N) is 1. The normalized spacial score (nSPS) is 24.4. The van der Waals surface area contributed by atoms with Crippen LogP contribution in [0, 0.1) is 15.5 Å². The maximum absolute atomic E-state index is 11.8. The first-order valence-electron chi connectivity index (χ1n) is 5.22. The lowest BCUT2D eigenvalue weighted by molar-refractivity contribution is -0.402. The zero-order valence-electron chi connectivity index (χ0n) is 9.72. The van der Waals surface area contributed by atoms with Gasteiger partial charge in [-0.05, 0) is 19.4 Å². The summed E-state index contributed by atoms with van der Waals surface area (Å²) in [5.41, 5.74) is 1.80. The van der Waals surface area contributed by atoms with Crippen LogP contribution >= 0.6 is 31.9 Å². The van der Waals surface area contributed by atoms with Crippen molar-refractivity contribution in [3.63, 3.8) is 0 Å². The van der Waals surface area contributed by atoms with Crippen LogP contribution in [-0.2, 0) is 4.79 Å². The molecule has 0 bridgehead atoms. The molecule has 1 heterocycles. The summed E-state index contributed by atoms with van der Waals surface area (Å²) >= 11 is 6.75. The molecule has 7 nitrogen and oxygen atoms in total. The molecule has 1 fully saturated rings. The molecular formula is C10H9Br2N3O4. The predicted molar refractivity (Wildman–Crippen MR) is 74.4 cm³/mol. The third kappa shape index (κ3) is 2.71. The molecule has 1 saturated carbocycles. The number of nitro groups is 1. The van der Waals surface area contributed by atoms with Gasteiger partial charge in [-0.15, -0.1) is 0 Å². The molecule has 1 amide bonds. The zero-order valence-corrected chi connectivity index (χ0v) is 12.9. The van der Waals surface area contributed by atoms with E-state index in [-0.39, 0.29) is 17.6 Å². The molecule has 0 spiro atoms. The summed E-state index contributed by atoms with van der Waals surface area (Å²) in [7, 11) is 0. The minimum atomic E-state index is -0.648. The first-order valence-corrected chi connectivity index (χ1v) is 6.80. The Balaban J connectivity index is 1.93. The maximum atomic E-state index is 11.8. The Morgan fingerprint density at radius 2 is 2.26 bits per heavy atom. The van der Waals surface area contributed by atoms with Crippen LogP contribution in [0.3, 0.4) is 0 Å². The van der Waals surface area contributed by atoms with Gasteiger partial charge in [0.2, 0.25) is 5.91 Å². The van der Waals surface area contributed by atoms with Crippen molar-refractivity contribution in [1.82, 2.24) is 5.43 Å². The molecule has 1 atom stereocenters. The van der Waals surface area contributed by atoms with Crippen LogP contribution in [0.1, 0.15) is 19.1 Å². The number of carbonyl (C=O) groups is 1. The fourth-order valence-electron chi connectivity index (χ4n) is 1.43. The number of alkyl halides is 2. The van der Waals surface area contributed by atoms with Crippen molar-refractivity contribution in [2.75, 3.05) is 0 Å². The molecule has 1 aromatic rings. The summed E-state index contributed by atoms with van der Waals surface area (Å²) in [4.78, 5) is 21.6. The zero-order chi connectivity index (χ0) is 14.3. The Bertz CT molecular complexity index is 569. The molecule has 9 heteroatoms. The number of furan rings is 1. The van der Waals surface area contributed by atoms with Crippen LogP contribution in [-0.4, -0.2) is 20.3 Å².